The van der Waals surface area contributed by atoms with E-state index < -0.39 is 0 Å². The molecule has 0 bridgehead atoms. The third-order valence-corrected chi connectivity index (χ3v) is 13.6. The molecule has 1 unspecified atom stereocenters. The minimum absolute atomic E-state index is 0.00469. The molecular formula is C52H59Cl3N6O6. The van der Waals surface area contributed by atoms with Crippen molar-refractivity contribution in [3.8, 4) is 39.9 Å². The molecule has 0 radical (unpaired) electrons. The van der Waals surface area contributed by atoms with Crippen molar-refractivity contribution in [3.63, 3.8) is 0 Å². The van der Waals surface area contributed by atoms with Crippen LogP contribution in [0.4, 0.5) is 0 Å². The fraction of sp³-hybridized carbons (Fsp3) is 0.365. The van der Waals surface area contributed by atoms with Gasteiger partial charge in [-0.3, -0.25) is 19.5 Å². The molecule has 1 aromatic heterocycles. The Morgan fingerprint density at radius 1 is 0.657 bits per heavy atom. The van der Waals surface area contributed by atoms with Crippen LogP contribution in [-0.2, 0) is 37.6 Å². The van der Waals surface area contributed by atoms with Crippen LogP contribution in [0.25, 0.3) is 22.0 Å². The minimum Gasteiger partial charge on any atom is -0.497 e. The number of carbonyl (C=O) groups excluding carboxylic acids is 1. The number of nitrogens with zero attached hydrogens (tertiary/aromatic N) is 4. The van der Waals surface area contributed by atoms with Gasteiger partial charge in [0, 0.05) is 113 Å². The Morgan fingerprint density at radius 3 is 2.06 bits per heavy atom. The van der Waals surface area contributed by atoms with Crippen LogP contribution in [0.1, 0.15) is 28.7 Å². The molecule has 0 aliphatic carbocycles. The summed E-state index contributed by atoms with van der Waals surface area (Å²) in [4.78, 5) is 20.9. The van der Waals surface area contributed by atoms with E-state index in [1.54, 1.807) is 40.6 Å². The number of aromatic nitrogens is 1. The maximum absolute atomic E-state index is 13.6. The van der Waals surface area contributed by atoms with Crippen LogP contribution < -0.4 is 34.3 Å². The highest BCUT2D eigenvalue weighted by Gasteiger charge is 2.26. The quantitative estimate of drug-likeness (QED) is 0.0765. The average molecular weight is 970 g/mol. The summed E-state index contributed by atoms with van der Waals surface area (Å²) >= 11 is 19.2. The van der Waals surface area contributed by atoms with Gasteiger partial charge >= 0.3 is 0 Å². The van der Waals surface area contributed by atoms with Gasteiger partial charge in [-0.1, -0.05) is 59.1 Å². The number of fused-ring (bicyclic) bond motifs is 1. The topological polar surface area (TPSA) is 102 Å². The fourth-order valence-electron chi connectivity index (χ4n) is 9.04. The Morgan fingerprint density at radius 2 is 1.34 bits per heavy atom. The number of aryl methyl sites for hydroxylation is 1. The molecule has 1 amide bonds. The third-order valence-electron chi connectivity index (χ3n) is 12.6. The largest absolute Gasteiger partial charge is 0.497 e. The molecule has 12 nitrogen and oxygen atoms in total. The van der Waals surface area contributed by atoms with Gasteiger partial charge in [0.05, 0.1) is 49.5 Å². The standard InChI is InChI=1S/C52H59Cl3N6O6/c1-63-39-23-38(24-40(28-39)64-2)31-59-21-19-58(20-22-59)29-35-10-13-47-41(25-35)42(51-44(54)7-5-8-49(51)66-4)32-61(47)17-6-15-57-52(62)46-33-60(18-16-56-46)30-36-11-14-48(65-3)50(27-36)67-34-37-9-12-43(53)45(55)26-37/h5,7-14,23-28,32,46,56H,6,15-22,29-31,33-34H2,1-4H3,(H,57,62). The second-order valence-electron chi connectivity index (χ2n) is 17.1. The van der Waals surface area contributed by atoms with Gasteiger partial charge < -0.3 is 38.9 Å². The molecule has 0 spiro atoms. The summed E-state index contributed by atoms with van der Waals surface area (Å²) in [5.41, 5.74) is 7.39. The van der Waals surface area contributed by atoms with E-state index in [1.807, 2.05) is 48.5 Å². The van der Waals surface area contributed by atoms with Crippen LogP contribution in [-0.4, -0.2) is 112 Å². The Hall–Kier alpha value is -5.18. The van der Waals surface area contributed by atoms with Gasteiger partial charge in [-0.2, -0.15) is 0 Å². The summed E-state index contributed by atoms with van der Waals surface area (Å²) in [6.45, 7) is 9.88. The molecule has 67 heavy (non-hydrogen) atoms. The van der Waals surface area contributed by atoms with Gasteiger partial charge in [0.1, 0.15) is 23.9 Å². The van der Waals surface area contributed by atoms with E-state index in [0.717, 1.165) is 103 Å². The van der Waals surface area contributed by atoms with E-state index in [-0.39, 0.29) is 11.9 Å². The maximum atomic E-state index is 13.6. The number of hydrogen-bond donors (Lipinski definition) is 2. The predicted molar refractivity (Wildman–Crippen MR) is 268 cm³/mol. The molecule has 2 N–H and O–H groups in total. The minimum atomic E-state index is -0.331. The lowest BCUT2D eigenvalue weighted by Gasteiger charge is -2.34. The summed E-state index contributed by atoms with van der Waals surface area (Å²) in [5.74, 6) is 3.61. The predicted octanol–water partition coefficient (Wildman–Crippen LogP) is 9.18. The summed E-state index contributed by atoms with van der Waals surface area (Å²) in [7, 11) is 6.68. The molecule has 8 rings (SSSR count). The van der Waals surface area contributed by atoms with Crippen molar-refractivity contribution in [2.75, 3.05) is 80.8 Å². The van der Waals surface area contributed by atoms with Crippen molar-refractivity contribution in [2.24, 2.45) is 0 Å². The Balaban J connectivity index is 0.875. The molecule has 2 aliphatic heterocycles. The van der Waals surface area contributed by atoms with E-state index >= 15 is 0 Å². The molecule has 354 valence electrons. The Kier molecular flexibility index (Phi) is 16.4. The van der Waals surface area contributed by atoms with E-state index in [1.165, 1.54) is 11.1 Å². The lowest BCUT2D eigenvalue weighted by atomic mass is 10.0. The second kappa shape index (κ2) is 22.7. The Labute approximate surface area is 408 Å². The van der Waals surface area contributed by atoms with Crippen molar-refractivity contribution in [2.45, 2.75) is 45.2 Å². The van der Waals surface area contributed by atoms with E-state index in [9.17, 15) is 4.79 Å². The molecule has 6 aromatic rings. The molecule has 2 aliphatic rings. The molecule has 0 saturated carbocycles. The van der Waals surface area contributed by atoms with Gasteiger partial charge in [-0.05, 0) is 89.3 Å². The number of nitrogens with one attached hydrogen (secondary N) is 2. The first-order valence-electron chi connectivity index (χ1n) is 22.7. The molecule has 3 heterocycles. The summed E-state index contributed by atoms with van der Waals surface area (Å²) in [5, 5.41) is 9.37. The van der Waals surface area contributed by atoms with Gasteiger partial charge in [0.15, 0.2) is 11.5 Å². The van der Waals surface area contributed by atoms with Crippen molar-refractivity contribution >= 4 is 51.6 Å². The molecule has 15 heteroatoms. The number of methoxy groups -OCH3 is 4. The number of amides is 1. The summed E-state index contributed by atoms with van der Waals surface area (Å²) in [6, 6.07) is 29.7. The molecule has 2 fully saturated rings. The first kappa shape index (κ1) is 48.3. The first-order valence-corrected chi connectivity index (χ1v) is 23.8. The zero-order valence-corrected chi connectivity index (χ0v) is 40.9. The number of hydrogen-bond acceptors (Lipinski definition) is 10. The van der Waals surface area contributed by atoms with Crippen LogP contribution in [0.3, 0.4) is 0 Å². The van der Waals surface area contributed by atoms with Gasteiger partial charge in [0.25, 0.3) is 0 Å². The van der Waals surface area contributed by atoms with Crippen LogP contribution in [0, 0.1) is 0 Å². The van der Waals surface area contributed by atoms with Gasteiger partial charge in [0.2, 0.25) is 5.91 Å². The zero-order valence-electron chi connectivity index (χ0n) is 38.6. The number of carbonyl (C=O) groups is 1. The molecule has 2 saturated heterocycles. The Bertz CT molecular complexity index is 2630. The third kappa shape index (κ3) is 12.1. The van der Waals surface area contributed by atoms with Crippen molar-refractivity contribution in [3.05, 3.63) is 135 Å². The number of benzene rings is 5. The highest BCUT2D eigenvalue weighted by Crippen LogP contribution is 2.41. The SMILES string of the molecule is COc1cc(CN2CCN(Cc3ccc4c(c3)c(-c3c(Cl)cccc3OC)cn4CCCNC(=O)C3CN(Cc4ccc(OC)c(OCc5ccc(Cl)c(Cl)c5)c4)CCN3)CC2)cc(OC)c1. The van der Waals surface area contributed by atoms with Gasteiger partial charge in [-0.15, -0.1) is 0 Å². The average Bonchev–Trinajstić information content (AvgIpc) is 3.70. The smallest absolute Gasteiger partial charge is 0.238 e. The van der Waals surface area contributed by atoms with E-state index in [0.29, 0.717) is 65.9 Å². The van der Waals surface area contributed by atoms with E-state index in [2.05, 4.69) is 66.4 Å². The van der Waals surface area contributed by atoms with Crippen LogP contribution in [0.15, 0.2) is 97.2 Å². The van der Waals surface area contributed by atoms with Crippen molar-refractivity contribution < 1.29 is 28.5 Å². The summed E-state index contributed by atoms with van der Waals surface area (Å²) in [6.07, 6.45) is 2.92. The second-order valence-corrected chi connectivity index (χ2v) is 18.3. The normalized spacial score (nSPS) is 16.0. The lowest BCUT2D eigenvalue weighted by Crippen LogP contribution is -2.56. The van der Waals surface area contributed by atoms with Gasteiger partial charge in [-0.25, -0.2) is 0 Å². The van der Waals surface area contributed by atoms with E-state index in [4.69, 9.17) is 58.5 Å². The van der Waals surface area contributed by atoms with Crippen LogP contribution >= 0.6 is 34.8 Å². The van der Waals surface area contributed by atoms with Crippen LogP contribution in [0.5, 0.6) is 28.7 Å². The first-order chi connectivity index (χ1) is 32.6. The molecular weight excluding hydrogens is 911 g/mol. The molecule has 5 aromatic carbocycles. The van der Waals surface area contributed by atoms with Crippen molar-refractivity contribution in [1.29, 1.82) is 0 Å². The zero-order chi connectivity index (χ0) is 46.9. The monoisotopic (exact) mass is 968 g/mol. The number of piperazine rings is 2. The summed E-state index contributed by atoms with van der Waals surface area (Å²) < 4.78 is 30.9. The lowest BCUT2D eigenvalue weighted by molar-refractivity contribution is -0.124. The van der Waals surface area contributed by atoms with Crippen molar-refractivity contribution in [1.82, 2.24) is 29.9 Å². The molecule has 1 atom stereocenters. The highest BCUT2D eigenvalue weighted by atomic mass is 35.5. The number of ether oxygens (including phenoxy) is 5. The number of rotatable bonds is 19. The maximum Gasteiger partial charge on any atom is 0.238 e. The highest BCUT2D eigenvalue weighted by molar-refractivity contribution is 6.42. The van der Waals surface area contributed by atoms with Crippen LogP contribution in [0.2, 0.25) is 15.1 Å². The number of halogens is 3. The fourth-order valence-corrected chi connectivity index (χ4v) is 9.63.